The van der Waals surface area contributed by atoms with Crippen molar-refractivity contribution < 1.29 is 4.52 Å². The molecule has 3 rings (SSSR count). The summed E-state index contributed by atoms with van der Waals surface area (Å²) in [6.07, 6.45) is 0. The molecule has 1 aromatic carbocycles. The monoisotopic (exact) mass is 300 g/mol. The van der Waals surface area contributed by atoms with Crippen molar-refractivity contribution >= 4 is 5.69 Å². The van der Waals surface area contributed by atoms with Gasteiger partial charge in [-0.25, -0.2) is 0 Å². The third kappa shape index (κ3) is 3.47. The molecule has 0 unspecified atom stereocenters. The molecule has 1 saturated heterocycles. The van der Waals surface area contributed by atoms with E-state index in [0.29, 0.717) is 5.92 Å². The Morgan fingerprint density at radius 1 is 1.18 bits per heavy atom. The molecule has 0 aliphatic carbocycles. The van der Waals surface area contributed by atoms with Gasteiger partial charge in [0.25, 0.3) is 0 Å². The Morgan fingerprint density at radius 2 is 1.95 bits per heavy atom. The number of aromatic nitrogens is 2. The smallest absolute Gasteiger partial charge is 0.240 e. The molecule has 0 saturated carbocycles. The fourth-order valence-electron chi connectivity index (χ4n) is 2.75. The van der Waals surface area contributed by atoms with Gasteiger partial charge in [-0.15, -0.1) is 0 Å². The molecule has 2 aromatic rings. The van der Waals surface area contributed by atoms with Gasteiger partial charge in [-0.3, -0.25) is 4.90 Å². The Kier molecular flexibility index (Phi) is 4.43. The number of aryl methyl sites for hydroxylation is 1. The number of nitrogens with zero attached hydrogens (tertiary/aromatic N) is 4. The minimum absolute atomic E-state index is 0.315. The third-order valence-electron chi connectivity index (χ3n) is 4.10. The molecule has 118 valence electrons. The summed E-state index contributed by atoms with van der Waals surface area (Å²) in [6, 6.07) is 8.71. The van der Waals surface area contributed by atoms with Crippen LogP contribution in [0.4, 0.5) is 5.69 Å². The highest BCUT2D eigenvalue weighted by Crippen LogP contribution is 2.18. The molecular weight excluding hydrogens is 276 g/mol. The van der Waals surface area contributed by atoms with Gasteiger partial charge < -0.3 is 9.42 Å². The first-order valence-electron chi connectivity index (χ1n) is 7.98. The van der Waals surface area contributed by atoms with E-state index in [9.17, 15) is 0 Å². The van der Waals surface area contributed by atoms with Gasteiger partial charge in [0, 0.05) is 37.8 Å². The summed E-state index contributed by atoms with van der Waals surface area (Å²) >= 11 is 0. The van der Waals surface area contributed by atoms with Crippen LogP contribution in [0.1, 0.15) is 37.0 Å². The zero-order valence-electron chi connectivity index (χ0n) is 13.6. The normalized spacial score (nSPS) is 16.5. The Morgan fingerprint density at radius 3 is 2.59 bits per heavy atom. The minimum atomic E-state index is 0.315. The first-order chi connectivity index (χ1) is 10.6. The zero-order chi connectivity index (χ0) is 15.5. The summed E-state index contributed by atoms with van der Waals surface area (Å²) in [5, 5.41) is 4.03. The zero-order valence-corrected chi connectivity index (χ0v) is 13.6. The molecule has 0 bridgehead atoms. The van der Waals surface area contributed by atoms with E-state index in [-0.39, 0.29) is 0 Å². The molecule has 22 heavy (non-hydrogen) atoms. The highest BCUT2D eigenvalue weighted by atomic mass is 16.5. The van der Waals surface area contributed by atoms with E-state index < -0.39 is 0 Å². The summed E-state index contributed by atoms with van der Waals surface area (Å²) < 4.78 is 5.34. The molecule has 1 aliphatic heterocycles. The van der Waals surface area contributed by atoms with Crippen LogP contribution in [-0.4, -0.2) is 41.2 Å². The predicted molar refractivity (Wildman–Crippen MR) is 87.1 cm³/mol. The lowest BCUT2D eigenvalue weighted by Gasteiger charge is -2.35. The maximum absolute atomic E-state index is 5.34. The van der Waals surface area contributed by atoms with E-state index >= 15 is 0 Å². The van der Waals surface area contributed by atoms with Crippen molar-refractivity contribution in [1.29, 1.82) is 0 Å². The number of benzene rings is 1. The van der Waals surface area contributed by atoms with E-state index in [0.717, 1.165) is 44.4 Å². The van der Waals surface area contributed by atoms with Gasteiger partial charge in [-0.1, -0.05) is 31.1 Å². The average Bonchev–Trinajstić information content (AvgIpc) is 2.97. The van der Waals surface area contributed by atoms with Gasteiger partial charge in [-0.2, -0.15) is 4.98 Å². The highest BCUT2D eigenvalue weighted by Gasteiger charge is 2.20. The van der Waals surface area contributed by atoms with Crippen LogP contribution in [-0.2, 0) is 6.54 Å². The standard InChI is InChI=1S/C17H24N4O/c1-13(2)17-18-16(22-19-17)12-20-7-9-21(10-8-20)15-6-4-5-14(3)11-15/h4-6,11,13H,7-10,12H2,1-3H3. The molecule has 5 nitrogen and oxygen atoms in total. The second-order valence-corrected chi connectivity index (χ2v) is 6.30. The molecule has 0 amide bonds. The van der Waals surface area contributed by atoms with Crippen LogP contribution < -0.4 is 4.90 Å². The minimum Gasteiger partial charge on any atom is -0.369 e. The highest BCUT2D eigenvalue weighted by molar-refractivity contribution is 5.48. The van der Waals surface area contributed by atoms with Crippen molar-refractivity contribution in [2.75, 3.05) is 31.1 Å². The Balaban J connectivity index is 1.55. The van der Waals surface area contributed by atoms with Crippen LogP contribution in [0.3, 0.4) is 0 Å². The van der Waals surface area contributed by atoms with Crippen LogP contribution in [0.2, 0.25) is 0 Å². The number of hydrogen-bond donors (Lipinski definition) is 0. The molecule has 0 N–H and O–H groups in total. The van der Waals surface area contributed by atoms with Gasteiger partial charge in [0.05, 0.1) is 6.54 Å². The Bertz CT molecular complexity index is 615. The van der Waals surface area contributed by atoms with Crippen molar-refractivity contribution in [2.24, 2.45) is 0 Å². The molecule has 5 heteroatoms. The maximum atomic E-state index is 5.34. The van der Waals surface area contributed by atoms with Gasteiger partial charge in [0.15, 0.2) is 5.82 Å². The van der Waals surface area contributed by atoms with Crippen molar-refractivity contribution in [3.05, 3.63) is 41.5 Å². The SMILES string of the molecule is Cc1cccc(N2CCN(Cc3nc(C(C)C)no3)CC2)c1. The fourth-order valence-corrected chi connectivity index (χ4v) is 2.75. The molecular formula is C17H24N4O. The van der Waals surface area contributed by atoms with Crippen molar-refractivity contribution in [2.45, 2.75) is 33.2 Å². The lowest BCUT2D eigenvalue weighted by molar-refractivity contribution is 0.215. The summed E-state index contributed by atoms with van der Waals surface area (Å²) in [6.45, 7) is 11.2. The van der Waals surface area contributed by atoms with E-state index in [4.69, 9.17) is 4.52 Å². The second-order valence-electron chi connectivity index (χ2n) is 6.30. The molecule has 1 fully saturated rings. The van der Waals surface area contributed by atoms with E-state index in [1.54, 1.807) is 0 Å². The van der Waals surface area contributed by atoms with Gasteiger partial charge >= 0.3 is 0 Å². The summed E-state index contributed by atoms with van der Waals surface area (Å²) in [7, 11) is 0. The fraction of sp³-hybridized carbons (Fsp3) is 0.529. The molecule has 0 spiro atoms. The van der Waals surface area contributed by atoms with Crippen molar-refractivity contribution in [3.63, 3.8) is 0 Å². The average molecular weight is 300 g/mol. The lowest BCUT2D eigenvalue weighted by atomic mass is 10.2. The predicted octanol–water partition coefficient (Wildman–Crippen LogP) is 2.82. The summed E-state index contributed by atoms with van der Waals surface area (Å²) in [4.78, 5) is 9.28. The number of hydrogen-bond acceptors (Lipinski definition) is 5. The number of piperazine rings is 1. The van der Waals surface area contributed by atoms with Gasteiger partial charge in [0.1, 0.15) is 0 Å². The van der Waals surface area contributed by atoms with Crippen LogP contribution in [0.25, 0.3) is 0 Å². The maximum Gasteiger partial charge on any atom is 0.240 e. The first-order valence-corrected chi connectivity index (χ1v) is 7.98. The number of anilines is 1. The lowest BCUT2D eigenvalue weighted by Crippen LogP contribution is -2.46. The topological polar surface area (TPSA) is 45.4 Å². The number of rotatable bonds is 4. The second kappa shape index (κ2) is 6.48. The van der Waals surface area contributed by atoms with Crippen LogP contribution in [0, 0.1) is 6.92 Å². The van der Waals surface area contributed by atoms with Crippen molar-refractivity contribution in [3.8, 4) is 0 Å². The van der Waals surface area contributed by atoms with E-state index in [2.05, 4.69) is 65.0 Å². The molecule has 0 atom stereocenters. The molecule has 1 aromatic heterocycles. The van der Waals surface area contributed by atoms with Crippen molar-refractivity contribution in [1.82, 2.24) is 15.0 Å². The Labute approximate surface area is 131 Å². The van der Waals surface area contributed by atoms with E-state index in [1.807, 2.05) is 0 Å². The van der Waals surface area contributed by atoms with E-state index in [1.165, 1.54) is 11.3 Å². The van der Waals surface area contributed by atoms with Crippen LogP contribution in [0.15, 0.2) is 28.8 Å². The quantitative estimate of drug-likeness (QED) is 0.869. The summed E-state index contributed by atoms with van der Waals surface area (Å²) in [5.74, 6) is 1.84. The van der Waals surface area contributed by atoms with Crippen LogP contribution >= 0.6 is 0 Å². The molecule has 2 heterocycles. The molecule has 0 radical (unpaired) electrons. The summed E-state index contributed by atoms with van der Waals surface area (Å²) in [5.41, 5.74) is 2.63. The van der Waals surface area contributed by atoms with Crippen LogP contribution in [0.5, 0.6) is 0 Å². The molecule has 1 aliphatic rings. The Hall–Kier alpha value is -1.88. The third-order valence-corrected chi connectivity index (χ3v) is 4.10. The largest absolute Gasteiger partial charge is 0.369 e. The van der Waals surface area contributed by atoms with Gasteiger partial charge in [0.2, 0.25) is 5.89 Å². The first kappa shape index (κ1) is 15.0. The van der Waals surface area contributed by atoms with Gasteiger partial charge in [-0.05, 0) is 24.6 Å².